The van der Waals surface area contributed by atoms with E-state index in [1.165, 1.54) is 0 Å². The van der Waals surface area contributed by atoms with Gasteiger partial charge in [0.25, 0.3) is 0 Å². The molecule has 5 unspecified atom stereocenters. The van der Waals surface area contributed by atoms with Crippen LogP contribution >= 0.6 is 0 Å². The van der Waals surface area contributed by atoms with Gasteiger partial charge in [-0.15, -0.1) is 0 Å². The van der Waals surface area contributed by atoms with Gasteiger partial charge in [0.15, 0.2) is 18.7 Å². The fraction of sp³-hybridized carbons (Fsp3) is 0.756. The van der Waals surface area contributed by atoms with Crippen LogP contribution in [0.1, 0.15) is 104 Å². The number of rotatable bonds is 28. The van der Waals surface area contributed by atoms with Crippen LogP contribution in [-0.2, 0) is 38.0 Å². The maximum atomic E-state index is 12.8. The van der Waals surface area contributed by atoms with E-state index in [9.17, 15) is 45.3 Å². The number of ether oxygens (including phenoxy) is 6. The highest BCUT2D eigenvalue weighted by Gasteiger charge is 2.47. The van der Waals surface area contributed by atoms with Crippen molar-refractivity contribution >= 4 is 11.9 Å². The summed E-state index contributed by atoms with van der Waals surface area (Å²) < 4.78 is 33.2. The summed E-state index contributed by atoms with van der Waals surface area (Å²) >= 11 is 0. The van der Waals surface area contributed by atoms with Gasteiger partial charge in [-0.25, -0.2) is 0 Å². The second-order valence-corrected chi connectivity index (χ2v) is 14.1. The Bertz CT molecular complexity index is 1170. The molecule has 2 fully saturated rings. The molecule has 0 aliphatic carbocycles. The molecular formula is C41H68O15. The fourth-order valence-electron chi connectivity index (χ4n) is 5.94. The zero-order valence-corrected chi connectivity index (χ0v) is 33.1. The van der Waals surface area contributed by atoms with Gasteiger partial charge in [0.1, 0.15) is 55.4 Å². The lowest BCUT2D eigenvalue weighted by Crippen LogP contribution is -2.61. The molecule has 0 aromatic rings. The first-order chi connectivity index (χ1) is 27.0. The lowest BCUT2D eigenvalue weighted by Gasteiger charge is -2.42. The zero-order valence-electron chi connectivity index (χ0n) is 33.1. The van der Waals surface area contributed by atoms with Crippen LogP contribution < -0.4 is 0 Å². The average molecular weight is 801 g/mol. The van der Waals surface area contributed by atoms with E-state index in [2.05, 4.69) is 26.0 Å². The molecule has 2 saturated heterocycles. The van der Waals surface area contributed by atoms with Crippen LogP contribution in [0, 0.1) is 0 Å². The minimum absolute atomic E-state index is 0.124. The van der Waals surface area contributed by atoms with E-state index in [-0.39, 0.29) is 19.4 Å². The molecule has 2 aliphatic heterocycles. The first-order valence-electron chi connectivity index (χ1n) is 20.3. The van der Waals surface area contributed by atoms with Crippen LogP contribution in [0.15, 0.2) is 48.6 Å². The molecule has 11 atom stereocenters. The minimum atomic E-state index is -1.77. The second-order valence-electron chi connectivity index (χ2n) is 14.1. The van der Waals surface area contributed by atoms with Crippen LogP contribution in [0.2, 0.25) is 0 Å². The maximum Gasteiger partial charge on any atom is 0.306 e. The normalized spacial score (nSPS) is 29.2. The summed E-state index contributed by atoms with van der Waals surface area (Å²) in [6, 6.07) is 0. The summed E-state index contributed by atoms with van der Waals surface area (Å²) in [6.45, 7) is 2.26. The van der Waals surface area contributed by atoms with Crippen molar-refractivity contribution in [2.24, 2.45) is 0 Å². The van der Waals surface area contributed by atoms with Crippen molar-refractivity contribution in [3.63, 3.8) is 0 Å². The number of carbonyl (C=O) groups excluding carboxylic acids is 2. The number of aliphatic hydroxyl groups is 7. The van der Waals surface area contributed by atoms with Crippen LogP contribution in [0.25, 0.3) is 0 Å². The van der Waals surface area contributed by atoms with Gasteiger partial charge in [-0.05, 0) is 44.9 Å². The maximum absolute atomic E-state index is 12.8. The summed E-state index contributed by atoms with van der Waals surface area (Å²) in [5.41, 5.74) is 0. The highest BCUT2D eigenvalue weighted by atomic mass is 16.7. The second kappa shape index (κ2) is 29.6. The van der Waals surface area contributed by atoms with Gasteiger partial charge in [-0.3, -0.25) is 9.59 Å². The van der Waals surface area contributed by atoms with E-state index < -0.39 is 99.3 Å². The van der Waals surface area contributed by atoms with Crippen molar-refractivity contribution in [1.82, 2.24) is 0 Å². The average Bonchev–Trinajstić information content (AvgIpc) is 3.19. The van der Waals surface area contributed by atoms with Crippen LogP contribution in [0.4, 0.5) is 0 Å². The highest BCUT2D eigenvalue weighted by molar-refractivity contribution is 5.70. The molecule has 0 amide bonds. The van der Waals surface area contributed by atoms with Gasteiger partial charge in [0.2, 0.25) is 0 Å². The van der Waals surface area contributed by atoms with E-state index in [0.717, 1.165) is 64.2 Å². The number of carbonyl (C=O) groups is 2. The van der Waals surface area contributed by atoms with Crippen LogP contribution in [0.5, 0.6) is 0 Å². The molecule has 2 rings (SSSR count). The van der Waals surface area contributed by atoms with Crippen molar-refractivity contribution in [3.8, 4) is 0 Å². The van der Waals surface area contributed by atoms with Gasteiger partial charge in [0.05, 0.1) is 19.8 Å². The number of aliphatic hydroxyl groups excluding tert-OH is 7. The Balaban J connectivity index is 1.91. The Morgan fingerprint density at radius 2 is 1.18 bits per heavy atom. The Kier molecular flexibility index (Phi) is 26.3. The molecule has 0 radical (unpaired) electrons. The molecule has 0 saturated carbocycles. The van der Waals surface area contributed by atoms with Crippen molar-refractivity contribution in [2.45, 2.75) is 171 Å². The lowest BCUT2D eigenvalue weighted by molar-refractivity contribution is -0.332. The summed E-state index contributed by atoms with van der Waals surface area (Å²) in [5, 5.41) is 71.5. The van der Waals surface area contributed by atoms with E-state index >= 15 is 0 Å². The Morgan fingerprint density at radius 1 is 0.589 bits per heavy atom. The summed E-state index contributed by atoms with van der Waals surface area (Å²) in [6.07, 6.45) is 10.7. The monoisotopic (exact) mass is 800 g/mol. The molecular weight excluding hydrogens is 732 g/mol. The van der Waals surface area contributed by atoms with Crippen molar-refractivity contribution in [2.75, 3.05) is 26.4 Å². The number of unbranched alkanes of at least 4 members (excludes halogenated alkanes) is 8. The third-order valence-electron chi connectivity index (χ3n) is 9.37. The largest absolute Gasteiger partial charge is 0.462 e. The molecule has 15 heteroatoms. The van der Waals surface area contributed by atoms with Crippen LogP contribution in [-0.4, -0.2) is 142 Å². The quantitative estimate of drug-likeness (QED) is 0.0261. The Hall–Kier alpha value is -2.54. The van der Waals surface area contributed by atoms with Crippen molar-refractivity contribution in [3.05, 3.63) is 48.6 Å². The molecule has 0 spiro atoms. The smallest absolute Gasteiger partial charge is 0.306 e. The van der Waals surface area contributed by atoms with Gasteiger partial charge < -0.3 is 64.2 Å². The fourth-order valence-corrected chi connectivity index (χ4v) is 5.94. The number of esters is 2. The Morgan fingerprint density at radius 3 is 1.88 bits per heavy atom. The first kappa shape index (κ1) is 49.6. The number of hydrogen-bond donors (Lipinski definition) is 7. The molecule has 15 nitrogen and oxygen atoms in total. The van der Waals surface area contributed by atoms with Gasteiger partial charge in [-0.1, -0.05) is 94.6 Å². The van der Waals surface area contributed by atoms with Crippen molar-refractivity contribution in [1.29, 1.82) is 0 Å². The summed E-state index contributed by atoms with van der Waals surface area (Å²) in [5.74, 6) is -1.02. The highest BCUT2D eigenvalue weighted by Crippen LogP contribution is 2.26. The Labute approximate surface area is 331 Å². The molecule has 0 aromatic heterocycles. The standard InChI is InChI=1S/C41H68O15/c1-3-5-7-9-11-12-13-14-15-16-18-20-22-24-33(44)54-29(26-51-32(43)23-21-19-17-10-8-6-4-2)27-52-40-39(50)37(48)35(46)31(56-40)28-53-41-38(49)36(47)34(45)30(25-42)55-41/h5,7,9,11-13,17,19,29-31,34-42,45-50H,3-4,6,8,10,14-16,18,20-28H2,1-2H3/b7-5+,11-9+,13-12+,19-17+/t29?,30-,31-,34+,35+,36?,37?,38?,39?,40-,41-/m1/s1. The third-order valence-corrected chi connectivity index (χ3v) is 9.37. The lowest BCUT2D eigenvalue weighted by atomic mass is 9.98. The van der Waals surface area contributed by atoms with Crippen LogP contribution in [0.3, 0.4) is 0 Å². The van der Waals surface area contributed by atoms with E-state index in [0.29, 0.717) is 12.8 Å². The third kappa shape index (κ3) is 19.3. The summed E-state index contributed by atoms with van der Waals surface area (Å²) in [7, 11) is 0. The van der Waals surface area contributed by atoms with Gasteiger partial charge in [0, 0.05) is 12.8 Å². The predicted octanol–water partition coefficient (Wildman–Crippen LogP) is 2.81. The van der Waals surface area contributed by atoms with Crippen molar-refractivity contribution < 1.29 is 73.8 Å². The summed E-state index contributed by atoms with van der Waals surface area (Å²) in [4.78, 5) is 25.3. The topological polar surface area (TPSA) is 231 Å². The number of allylic oxidation sites excluding steroid dienone is 8. The molecule has 2 heterocycles. The van der Waals surface area contributed by atoms with Gasteiger partial charge in [-0.2, -0.15) is 0 Å². The number of hydrogen-bond acceptors (Lipinski definition) is 15. The molecule has 0 bridgehead atoms. The van der Waals surface area contributed by atoms with Gasteiger partial charge >= 0.3 is 11.9 Å². The van der Waals surface area contributed by atoms with E-state index in [1.807, 2.05) is 36.5 Å². The molecule has 2 aliphatic rings. The SMILES string of the molecule is CC/C=C/C=C/C=C/CCCCCCCC(=O)OC(COC(=O)CC/C=C/CCCCC)CO[C@@H]1O[C@H](CO[C@@H]2O[C@H](CO)[C@H](O)C(O)C2O)[C@H](O)C(O)C1O. The predicted molar refractivity (Wildman–Crippen MR) is 206 cm³/mol. The zero-order chi connectivity index (χ0) is 41.1. The molecule has 7 N–H and O–H groups in total. The molecule has 322 valence electrons. The minimum Gasteiger partial charge on any atom is -0.462 e. The first-order valence-corrected chi connectivity index (χ1v) is 20.3. The van der Waals surface area contributed by atoms with E-state index in [4.69, 9.17) is 28.4 Å². The molecule has 0 aromatic carbocycles. The van der Waals surface area contributed by atoms with E-state index in [1.54, 1.807) is 0 Å². The molecule has 56 heavy (non-hydrogen) atoms.